The number of halogens is 5. The minimum absolute atomic E-state index is 0.0134. The van der Waals surface area contributed by atoms with Gasteiger partial charge < -0.3 is 36.1 Å². The van der Waals surface area contributed by atoms with Crippen molar-refractivity contribution in [3.05, 3.63) is 65.1 Å². The number of aryl methyl sites for hydroxylation is 1. The molecule has 47 heavy (non-hydrogen) atoms. The van der Waals surface area contributed by atoms with Gasteiger partial charge in [-0.3, -0.25) is 14.4 Å². The molecular formula is C30H33F5N6O6. The smallest absolute Gasteiger partial charge is 0.490 e. The number of nitrogens with one attached hydrogen (secondary N) is 3. The molecular weight excluding hydrogens is 635 g/mol. The molecule has 0 atom stereocenters. The number of imidazole rings is 1. The number of aliphatic carboxylic acids is 1. The molecule has 1 aliphatic carbocycles. The molecule has 2 aromatic carbocycles. The Labute approximate surface area is 265 Å². The Morgan fingerprint density at radius 2 is 1.74 bits per heavy atom. The summed E-state index contributed by atoms with van der Waals surface area (Å²) in [7, 11) is 2.76. The van der Waals surface area contributed by atoms with Crippen molar-refractivity contribution in [1.82, 2.24) is 20.2 Å². The number of benzene rings is 2. The molecule has 17 heteroatoms. The Balaban J connectivity index is 0.000000771. The summed E-state index contributed by atoms with van der Waals surface area (Å²) in [5.41, 5.74) is 7.21. The van der Waals surface area contributed by atoms with Crippen LogP contribution in [0.1, 0.15) is 46.3 Å². The van der Waals surface area contributed by atoms with Crippen molar-refractivity contribution in [2.24, 2.45) is 18.7 Å². The van der Waals surface area contributed by atoms with Crippen LogP contribution in [0.3, 0.4) is 0 Å². The standard InChI is InChI=1S/C28H32F2N6O4.C2HF3O2/c1-4-15-11-17(5-6-19(15)27(38)35-18-12-16(13-18)26(37)32-10-9-31)34-28(39)25-33-14-21(36(25)2)20-7-8-22(40-3)24(30)23(20)29;3-2(4,5)1(6)7/h5-8,11,14,16,18H,4,9-10,12-13,31H2,1-3H3,(H,32,37)(H,34,39)(H,35,38);(H,6,7). The number of carboxylic acids is 1. The quantitative estimate of drug-likeness (QED) is 0.204. The number of methoxy groups -OCH3 is 1. The van der Waals surface area contributed by atoms with Crippen molar-refractivity contribution in [2.75, 3.05) is 25.5 Å². The summed E-state index contributed by atoms with van der Waals surface area (Å²) in [5, 5.41) is 15.6. The summed E-state index contributed by atoms with van der Waals surface area (Å²) in [6.45, 7) is 2.70. The minimum atomic E-state index is -5.08. The fourth-order valence-electron chi connectivity index (χ4n) is 4.68. The highest BCUT2D eigenvalue weighted by Gasteiger charge is 2.38. The highest BCUT2D eigenvalue weighted by atomic mass is 19.4. The number of hydrogen-bond donors (Lipinski definition) is 5. The number of nitrogens with two attached hydrogens (primary N) is 1. The molecule has 0 unspecified atom stereocenters. The van der Waals surface area contributed by atoms with Gasteiger partial charge >= 0.3 is 12.1 Å². The van der Waals surface area contributed by atoms with Crippen LogP contribution in [-0.4, -0.2) is 70.8 Å². The van der Waals surface area contributed by atoms with Gasteiger partial charge in [0, 0.05) is 48.9 Å². The summed E-state index contributed by atoms with van der Waals surface area (Å²) in [5.74, 6) is -6.23. The van der Waals surface area contributed by atoms with E-state index < -0.39 is 29.7 Å². The molecule has 1 aromatic heterocycles. The minimum Gasteiger partial charge on any atom is -0.494 e. The molecule has 3 aromatic rings. The van der Waals surface area contributed by atoms with E-state index in [1.165, 1.54) is 37.1 Å². The van der Waals surface area contributed by atoms with Gasteiger partial charge in [-0.2, -0.15) is 17.6 Å². The van der Waals surface area contributed by atoms with Crippen molar-refractivity contribution < 1.29 is 51.0 Å². The third kappa shape index (κ3) is 8.81. The van der Waals surface area contributed by atoms with Crippen LogP contribution >= 0.6 is 0 Å². The van der Waals surface area contributed by atoms with Gasteiger partial charge in [0.25, 0.3) is 11.8 Å². The Hall–Kier alpha value is -5.06. The number of carboxylic acid groups (broad SMARTS) is 1. The van der Waals surface area contributed by atoms with E-state index in [-0.39, 0.29) is 46.6 Å². The fraction of sp³-hybridized carbons (Fsp3) is 0.367. The van der Waals surface area contributed by atoms with Crippen LogP contribution in [0.25, 0.3) is 11.3 Å². The number of aromatic nitrogens is 2. The van der Waals surface area contributed by atoms with E-state index in [2.05, 4.69) is 20.9 Å². The monoisotopic (exact) mass is 668 g/mol. The van der Waals surface area contributed by atoms with Crippen LogP contribution in [-0.2, 0) is 23.1 Å². The molecule has 0 aliphatic heterocycles. The molecule has 0 spiro atoms. The average molecular weight is 669 g/mol. The molecule has 254 valence electrons. The second-order valence-corrected chi connectivity index (χ2v) is 10.4. The number of anilines is 1. The van der Waals surface area contributed by atoms with Gasteiger partial charge in [0.1, 0.15) is 0 Å². The maximum absolute atomic E-state index is 14.6. The van der Waals surface area contributed by atoms with E-state index in [1.807, 2.05) is 6.92 Å². The number of ether oxygens (including phenoxy) is 1. The lowest BCUT2D eigenvalue weighted by Gasteiger charge is -2.34. The van der Waals surface area contributed by atoms with Crippen LogP contribution in [0.2, 0.25) is 0 Å². The number of carbonyl (C=O) groups excluding carboxylic acids is 3. The van der Waals surface area contributed by atoms with Gasteiger partial charge in [0.2, 0.25) is 11.7 Å². The summed E-state index contributed by atoms with van der Waals surface area (Å²) in [6.07, 6.45) is -2.12. The van der Waals surface area contributed by atoms with Crippen LogP contribution in [0.5, 0.6) is 5.75 Å². The van der Waals surface area contributed by atoms with Crippen molar-refractivity contribution in [3.63, 3.8) is 0 Å². The molecule has 6 N–H and O–H groups in total. The zero-order valence-electron chi connectivity index (χ0n) is 25.5. The SMILES string of the molecule is CCc1cc(NC(=O)c2ncc(-c3ccc(OC)c(F)c3F)n2C)ccc1C(=O)NC1CC(C(=O)NCCN)C1.O=C(O)C(F)(F)F. The summed E-state index contributed by atoms with van der Waals surface area (Å²) < 4.78 is 66.7. The molecule has 1 aliphatic rings. The van der Waals surface area contributed by atoms with Crippen molar-refractivity contribution >= 4 is 29.4 Å². The van der Waals surface area contributed by atoms with Crippen LogP contribution in [0, 0.1) is 17.6 Å². The van der Waals surface area contributed by atoms with E-state index in [1.54, 1.807) is 18.2 Å². The summed E-state index contributed by atoms with van der Waals surface area (Å²) in [6, 6.07) is 7.51. The lowest BCUT2D eigenvalue weighted by molar-refractivity contribution is -0.192. The van der Waals surface area contributed by atoms with Gasteiger partial charge in [-0.15, -0.1) is 0 Å². The molecule has 12 nitrogen and oxygen atoms in total. The normalized spacial score (nSPS) is 15.4. The van der Waals surface area contributed by atoms with Gasteiger partial charge in [-0.05, 0) is 55.2 Å². The first-order valence-corrected chi connectivity index (χ1v) is 14.2. The predicted octanol–water partition coefficient (Wildman–Crippen LogP) is 3.41. The fourth-order valence-corrected chi connectivity index (χ4v) is 4.68. The molecule has 3 amide bonds. The zero-order valence-corrected chi connectivity index (χ0v) is 25.5. The number of carbonyl (C=O) groups is 4. The van der Waals surface area contributed by atoms with Crippen molar-refractivity contribution in [2.45, 2.75) is 38.4 Å². The maximum Gasteiger partial charge on any atom is 0.490 e. The first kappa shape index (κ1) is 36.4. The molecule has 1 saturated carbocycles. The van der Waals surface area contributed by atoms with Gasteiger partial charge in [0.15, 0.2) is 17.4 Å². The van der Waals surface area contributed by atoms with Crippen molar-refractivity contribution in [1.29, 1.82) is 0 Å². The Kier molecular flexibility index (Phi) is 12.0. The zero-order chi connectivity index (χ0) is 35.1. The largest absolute Gasteiger partial charge is 0.494 e. The van der Waals surface area contributed by atoms with E-state index in [0.29, 0.717) is 43.6 Å². The lowest BCUT2D eigenvalue weighted by atomic mass is 9.79. The van der Waals surface area contributed by atoms with E-state index >= 15 is 0 Å². The predicted molar refractivity (Wildman–Crippen MR) is 159 cm³/mol. The van der Waals surface area contributed by atoms with E-state index in [0.717, 1.165) is 5.56 Å². The first-order chi connectivity index (χ1) is 22.1. The highest BCUT2D eigenvalue weighted by Crippen LogP contribution is 2.31. The Morgan fingerprint density at radius 3 is 2.32 bits per heavy atom. The van der Waals surface area contributed by atoms with E-state index in [9.17, 15) is 36.3 Å². The second kappa shape index (κ2) is 15.5. The van der Waals surface area contributed by atoms with Crippen LogP contribution in [0.15, 0.2) is 36.5 Å². The molecule has 1 heterocycles. The number of rotatable bonds is 10. The molecule has 0 radical (unpaired) electrons. The van der Waals surface area contributed by atoms with Gasteiger partial charge in [-0.25, -0.2) is 14.2 Å². The Morgan fingerprint density at radius 1 is 1.09 bits per heavy atom. The third-order valence-electron chi connectivity index (χ3n) is 7.25. The maximum atomic E-state index is 14.6. The topological polar surface area (TPSA) is 178 Å². The van der Waals surface area contributed by atoms with Gasteiger partial charge in [-0.1, -0.05) is 6.92 Å². The van der Waals surface area contributed by atoms with Crippen LogP contribution in [0.4, 0.5) is 27.6 Å². The van der Waals surface area contributed by atoms with Gasteiger partial charge in [0.05, 0.1) is 19.0 Å². The number of hydrogen-bond acceptors (Lipinski definition) is 7. The first-order valence-electron chi connectivity index (χ1n) is 14.2. The lowest BCUT2D eigenvalue weighted by Crippen LogP contribution is -2.50. The molecule has 4 rings (SSSR count). The number of nitrogens with zero attached hydrogens (tertiary/aromatic N) is 2. The van der Waals surface area contributed by atoms with Crippen LogP contribution < -0.4 is 26.4 Å². The summed E-state index contributed by atoms with van der Waals surface area (Å²) in [4.78, 5) is 50.9. The average Bonchev–Trinajstić information content (AvgIpc) is 3.39. The third-order valence-corrected chi connectivity index (χ3v) is 7.25. The van der Waals surface area contributed by atoms with E-state index in [4.69, 9.17) is 20.4 Å². The molecule has 0 saturated heterocycles. The number of amides is 3. The Bertz CT molecular complexity index is 1640. The molecule has 0 bridgehead atoms. The highest BCUT2D eigenvalue weighted by molar-refractivity contribution is 6.03. The van der Waals surface area contributed by atoms with Crippen molar-refractivity contribution in [3.8, 4) is 17.0 Å². The number of alkyl halides is 3. The summed E-state index contributed by atoms with van der Waals surface area (Å²) >= 11 is 0. The molecule has 1 fully saturated rings. The second-order valence-electron chi connectivity index (χ2n) is 10.4.